The Morgan fingerprint density at radius 2 is 1.63 bits per heavy atom. The lowest BCUT2D eigenvalue weighted by Gasteiger charge is -2.16. The molecule has 1 unspecified atom stereocenters. The lowest BCUT2D eigenvalue weighted by atomic mass is 10.2. The molecule has 0 fully saturated rings. The molecule has 11 heteroatoms. The number of halogens is 3. The molecule has 0 radical (unpaired) electrons. The van der Waals surface area contributed by atoms with Gasteiger partial charge in [0.25, 0.3) is 0 Å². The highest BCUT2D eigenvalue weighted by atomic mass is 32.1. The highest BCUT2D eigenvalue weighted by Gasteiger charge is 2.33. The van der Waals surface area contributed by atoms with E-state index in [4.69, 9.17) is 12.2 Å². The molecule has 0 aromatic heterocycles. The maximum Gasteiger partial charge on any atom is 0.418 e. The molecule has 0 aliphatic rings. The average Bonchev–Trinajstić information content (AvgIpc) is 2.66. The van der Waals surface area contributed by atoms with Crippen LogP contribution < -0.4 is 21.5 Å². The Balaban J connectivity index is 1.76. The Labute approximate surface area is 182 Å². The molecule has 6 nitrogen and oxygen atoms in total. The molecule has 0 aliphatic heterocycles. The van der Waals surface area contributed by atoms with Crippen LogP contribution in [0.25, 0.3) is 0 Å². The molecule has 0 bridgehead atoms. The predicted octanol–water partition coefficient (Wildman–Crippen LogP) is 3.74. The fourth-order valence-electron chi connectivity index (χ4n) is 2.41. The van der Waals surface area contributed by atoms with Crippen molar-refractivity contribution in [1.29, 1.82) is 0 Å². The zero-order chi connectivity index (χ0) is 22.1. The second-order valence-electron chi connectivity index (χ2n) is 6.12. The number of Topliss-reactive ketones (excluding diaryl/α,β-unsaturated/α-hetero) is 1. The minimum absolute atomic E-state index is 0.00687. The van der Waals surface area contributed by atoms with Crippen LogP contribution in [0.15, 0.2) is 54.6 Å². The molecule has 0 saturated carbocycles. The Kier molecular flexibility index (Phi) is 8.48. The van der Waals surface area contributed by atoms with Gasteiger partial charge in [-0.2, -0.15) is 25.8 Å². The van der Waals surface area contributed by atoms with E-state index in [0.717, 1.165) is 11.8 Å². The number of carbonyl (C=O) groups is 2. The van der Waals surface area contributed by atoms with Crippen molar-refractivity contribution in [2.75, 3.05) is 10.6 Å². The molecule has 0 saturated heterocycles. The van der Waals surface area contributed by atoms with Gasteiger partial charge in [-0.1, -0.05) is 30.3 Å². The van der Waals surface area contributed by atoms with E-state index >= 15 is 0 Å². The van der Waals surface area contributed by atoms with Crippen molar-refractivity contribution >= 4 is 53.0 Å². The first-order valence-corrected chi connectivity index (χ1v) is 9.61. The van der Waals surface area contributed by atoms with Gasteiger partial charge in [0.2, 0.25) is 5.91 Å². The van der Waals surface area contributed by atoms with Gasteiger partial charge < -0.3 is 10.6 Å². The van der Waals surface area contributed by atoms with Crippen molar-refractivity contribution in [3.63, 3.8) is 0 Å². The topological polar surface area (TPSA) is 82.3 Å². The van der Waals surface area contributed by atoms with Gasteiger partial charge in [0.1, 0.15) is 5.78 Å². The Morgan fingerprint density at radius 1 is 1.00 bits per heavy atom. The highest BCUT2D eigenvalue weighted by molar-refractivity contribution is 7.81. The normalized spacial score (nSPS) is 11.9. The lowest BCUT2D eigenvalue weighted by Crippen LogP contribution is -2.44. The molecule has 2 aromatic rings. The van der Waals surface area contributed by atoms with E-state index in [1.807, 2.05) is 30.3 Å². The quantitative estimate of drug-likeness (QED) is 0.144. The standard InChI is InChI=1S/C19H19F3N4O2S2/c20-19(21,22)14-8-4-5-9-15(14)24-18(30)26-25-16(28)10-13(27)11-17(29)23-12-6-2-1-3-7-12/h1-9,17,23,29H,10-11H2,(H,25,28)(H2,24,26,30). The summed E-state index contributed by atoms with van der Waals surface area (Å²) in [5.41, 5.74) is 4.07. The molecule has 1 atom stereocenters. The number of hydrogen-bond acceptors (Lipinski definition) is 5. The zero-order valence-corrected chi connectivity index (χ0v) is 17.2. The number of amides is 1. The number of rotatable bonds is 7. The number of para-hydroxylation sites is 2. The van der Waals surface area contributed by atoms with Crippen LogP contribution in [0, 0.1) is 0 Å². The van der Waals surface area contributed by atoms with Crippen LogP contribution >= 0.6 is 24.8 Å². The molecule has 0 spiro atoms. The van der Waals surface area contributed by atoms with Crippen molar-refractivity contribution in [1.82, 2.24) is 10.9 Å². The summed E-state index contributed by atoms with van der Waals surface area (Å²) in [5, 5.41) is 4.64. The number of anilines is 2. The van der Waals surface area contributed by atoms with Crippen LogP contribution in [0.5, 0.6) is 0 Å². The summed E-state index contributed by atoms with van der Waals surface area (Å²) < 4.78 is 38.9. The number of ketones is 1. The Hall–Kier alpha value is -2.79. The van der Waals surface area contributed by atoms with Crippen LogP contribution in [0.3, 0.4) is 0 Å². The minimum Gasteiger partial charge on any atom is -0.373 e. The van der Waals surface area contributed by atoms with Crippen LogP contribution in [0.4, 0.5) is 24.5 Å². The number of alkyl halides is 3. The van der Waals surface area contributed by atoms with Crippen LogP contribution in [0.1, 0.15) is 18.4 Å². The van der Waals surface area contributed by atoms with Gasteiger partial charge in [0.15, 0.2) is 5.11 Å². The molecule has 1 amide bonds. The first-order chi connectivity index (χ1) is 14.1. The second kappa shape index (κ2) is 10.8. The number of benzene rings is 2. The summed E-state index contributed by atoms with van der Waals surface area (Å²) in [6.07, 6.45) is -5.01. The Morgan fingerprint density at radius 3 is 2.30 bits per heavy atom. The molecule has 4 N–H and O–H groups in total. The Bertz CT molecular complexity index is 895. The van der Waals surface area contributed by atoms with E-state index in [9.17, 15) is 22.8 Å². The lowest BCUT2D eigenvalue weighted by molar-refractivity contribution is -0.137. The van der Waals surface area contributed by atoms with Crippen LogP contribution in [-0.4, -0.2) is 22.2 Å². The summed E-state index contributed by atoms with van der Waals surface area (Å²) >= 11 is 9.16. The summed E-state index contributed by atoms with van der Waals surface area (Å²) in [4.78, 5) is 23.9. The van der Waals surface area contributed by atoms with Crippen molar-refractivity contribution in [2.24, 2.45) is 0 Å². The molecule has 2 aromatic carbocycles. The van der Waals surface area contributed by atoms with E-state index < -0.39 is 29.4 Å². The monoisotopic (exact) mass is 456 g/mol. The van der Waals surface area contributed by atoms with Gasteiger partial charge in [0, 0.05) is 12.1 Å². The largest absolute Gasteiger partial charge is 0.418 e. The van der Waals surface area contributed by atoms with Gasteiger partial charge in [-0.15, -0.1) is 0 Å². The van der Waals surface area contributed by atoms with Crippen molar-refractivity contribution in [3.8, 4) is 0 Å². The van der Waals surface area contributed by atoms with Gasteiger partial charge in [-0.3, -0.25) is 20.4 Å². The number of hydrogen-bond donors (Lipinski definition) is 5. The maximum absolute atomic E-state index is 13.0. The number of thiocarbonyl (C=S) groups is 1. The fourth-order valence-corrected chi connectivity index (χ4v) is 2.92. The maximum atomic E-state index is 13.0. The molecule has 0 aliphatic carbocycles. The third-order valence-electron chi connectivity index (χ3n) is 3.68. The molecule has 0 heterocycles. The average molecular weight is 457 g/mol. The van der Waals surface area contributed by atoms with E-state index in [1.54, 1.807) is 0 Å². The predicted molar refractivity (Wildman–Crippen MR) is 116 cm³/mol. The van der Waals surface area contributed by atoms with Gasteiger partial charge >= 0.3 is 6.18 Å². The summed E-state index contributed by atoms with van der Waals surface area (Å²) in [6, 6.07) is 13.9. The number of carbonyl (C=O) groups excluding carboxylic acids is 2. The molecule has 2 rings (SSSR count). The molecule has 30 heavy (non-hydrogen) atoms. The fraction of sp³-hybridized carbons (Fsp3) is 0.211. The SMILES string of the molecule is O=C(CC(=O)NNC(=S)Nc1ccccc1C(F)(F)F)CC(S)Nc1ccccc1. The van der Waals surface area contributed by atoms with Crippen molar-refractivity contribution < 1.29 is 22.8 Å². The third kappa shape index (κ3) is 7.91. The van der Waals surface area contributed by atoms with Gasteiger partial charge in [-0.25, -0.2) is 0 Å². The smallest absolute Gasteiger partial charge is 0.373 e. The van der Waals surface area contributed by atoms with E-state index in [1.165, 1.54) is 18.2 Å². The summed E-state index contributed by atoms with van der Waals surface area (Å²) in [6.45, 7) is 0. The van der Waals surface area contributed by atoms with E-state index in [0.29, 0.717) is 0 Å². The van der Waals surface area contributed by atoms with Crippen molar-refractivity contribution in [2.45, 2.75) is 24.4 Å². The first-order valence-electron chi connectivity index (χ1n) is 8.68. The summed E-state index contributed by atoms with van der Waals surface area (Å²) in [5.74, 6) is -1.06. The highest BCUT2D eigenvalue weighted by Crippen LogP contribution is 2.34. The van der Waals surface area contributed by atoms with Crippen LogP contribution in [0.2, 0.25) is 0 Å². The van der Waals surface area contributed by atoms with E-state index in [-0.39, 0.29) is 23.0 Å². The molecular weight excluding hydrogens is 437 g/mol. The third-order valence-corrected chi connectivity index (χ3v) is 4.20. The van der Waals surface area contributed by atoms with E-state index in [2.05, 4.69) is 34.1 Å². The summed E-state index contributed by atoms with van der Waals surface area (Å²) in [7, 11) is 0. The van der Waals surface area contributed by atoms with Gasteiger partial charge in [-0.05, 0) is 36.5 Å². The van der Waals surface area contributed by atoms with Gasteiger partial charge in [0.05, 0.1) is 23.0 Å². The number of hydrazine groups is 1. The zero-order valence-electron chi connectivity index (χ0n) is 15.5. The minimum atomic E-state index is -4.56. The molecule has 160 valence electrons. The number of thiol groups is 1. The van der Waals surface area contributed by atoms with Crippen LogP contribution in [-0.2, 0) is 15.8 Å². The first kappa shape index (κ1) is 23.5. The number of nitrogens with one attached hydrogen (secondary N) is 4. The molecular formula is C19H19F3N4O2S2. The van der Waals surface area contributed by atoms with Crippen molar-refractivity contribution in [3.05, 3.63) is 60.2 Å². The second-order valence-corrected chi connectivity index (χ2v) is 7.15.